The molecular weight excluding hydrogens is 164 g/mol. The Hall–Kier alpha value is -1.32. The van der Waals surface area contributed by atoms with Gasteiger partial charge in [-0.2, -0.15) is 5.10 Å². The second-order valence-electron chi connectivity index (χ2n) is 3.27. The van der Waals surface area contributed by atoms with Crippen molar-refractivity contribution in [1.82, 2.24) is 15.0 Å². The Balaban J connectivity index is 1.89. The van der Waals surface area contributed by atoms with Gasteiger partial charge < -0.3 is 4.98 Å². The maximum Gasteiger partial charge on any atom is 0.0924 e. The summed E-state index contributed by atoms with van der Waals surface area (Å²) < 4.78 is 0. The monoisotopic (exact) mass is 178 g/mol. The summed E-state index contributed by atoms with van der Waals surface area (Å²) in [6, 6.07) is 0. The van der Waals surface area contributed by atoms with Crippen molar-refractivity contribution in [2.24, 2.45) is 5.10 Å². The Morgan fingerprint density at radius 2 is 2.23 bits per heavy atom. The summed E-state index contributed by atoms with van der Waals surface area (Å²) in [6.07, 6.45) is 9.14. The maximum absolute atomic E-state index is 4.36. The number of aromatic nitrogens is 2. The predicted molar refractivity (Wildman–Crippen MR) is 51.6 cm³/mol. The molecule has 70 valence electrons. The van der Waals surface area contributed by atoms with Crippen molar-refractivity contribution in [1.29, 1.82) is 0 Å². The summed E-state index contributed by atoms with van der Waals surface area (Å²) >= 11 is 0. The smallest absolute Gasteiger partial charge is 0.0924 e. The number of hydrogen-bond donors (Lipinski definition) is 1. The fourth-order valence-electron chi connectivity index (χ4n) is 1.47. The van der Waals surface area contributed by atoms with E-state index in [9.17, 15) is 0 Å². The maximum atomic E-state index is 4.36. The Morgan fingerprint density at radius 1 is 1.38 bits per heavy atom. The summed E-state index contributed by atoms with van der Waals surface area (Å²) in [5.74, 6) is 0. The topological polar surface area (TPSA) is 44.3 Å². The van der Waals surface area contributed by atoms with Crippen LogP contribution in [0, 0.1) is 0 Å². The molecule has 0 amide bonds. The molecule has 0 aliphatic carbocycles. The SMILES string of the molecule is C(=N\N1CCCCC1)/c1cnc[nH]1. The molecule has 1 aliphatic rings. The molecule has 4 nitrogen and oxygen atoms in total. The van der Waals surface area contributed by atoms with Gasteiger partial charge in [-0.15, -0.1) is 0 Å². The number of aromatic amines is 1. The zero-order valence-corrected chi connectivity index (χ0v) is 7.61. The highest BCUT2D eigenvalue weighted by Crippen LogP contribution is 2.08. The minimum Gasteiger partial charge on any atom is -0.344 e. The Morgan fingerprint density at radius 3 is 2.92 bits per heavy atom. The first kappa shape index (κ1) is 8.29. The van der Waals surface area contributed by atoms with E-state index < -0.39 is 0 Å². The zero-order chi connectivity index (χ0) is 8.93. The van der Waals surface area contributed by atoms with Crippen LogP contribution in [0.15, 0.2) is 17.6 Å². The van der Waals surface area contributed by atoms with Crippen LogP contribution in [0.1, 0.15) is 25.0 Å². The molecule has 0 radical (unpaired) electrons. The van der Waals surface area contributed by atoms with Crippen LogP contribution in [0.2, 0.25) is 0 Å². The van der Waals surface area contributed by atoms with Gasteiger partial charge in [0.1, 0.15) is 0 Å². The average Bonchev–Trinajstić information content (AvgIpc) is 2.69. The van der Waals surface area contributed by atoms with E-state index in [4.69, 9.17) is 0 Å². The molecule has 0 bridgehead atoms. The molecular formula is C9H14N4. The van der Waals surface area contributed by atoms with Crippen molar-refractivity contribution in [2.75, 3.05) is 13.1 Å². The van der Waals surface area contributed by atoms with Crippen LogP contribution in [0.25, 0.3) is 0 Å². The number of piperidine rings is 1. The molecule has 2 rings (SSSR count). The summed E-state index contributed by atoms with van der Waals surface area (Å²) in [6.45, 7) is 2.18. The van der Waals surface area contributed by atoms with E-state index in [1.165, 1.54) is 19.3 Å². The van der Waals surface area contributed by atoms with Gasteiger partial charge in [-0.05, 0) is 19.3 Å². The van der Waals surface area contributed by atoms with E-state index >= 15 is 0 Å². The highest BCUT2D eigenvalue weighted by molar-refractivity contribution is 5.76. The summed E-state index contributed by atoms with van der Waals surface area (Å²) in [5, 5.41) is 6.48. The van der Waals surface area contributed by atoms with Crippen LogP contribution < -0.4 is 0 Å². The number of nitrogens with one attached hydrogen (secondary N) is 1. The molecule has 2 heterocycles. The standard InChI is InChI=1S/C9H14N4/c1-2-4-13(5-3-1)12-7-9-6-10-8-11-9/h6-8H,1-5H2,(H,10,11)/b12-7+. The molecule has 1 aromatic heterocycles. The first-order valence-corrected chi connectivity index (χ1v) is 4.72. The van der Waals surface area contributed by atoms with Crippen LogP contribution >= 0.6 is 0 Å². The summed E-state index contributed by atoms with van der Waals surface area (Å²) in [4.78, 5) is 6.91. The number of rotatable bonds is 2. The number of H-pyrrole nitrogens is 1. The van der Waals surface area contributed by atoms with Crippen LogP contribution in [-0.2, 0) is 0 Å². The molecule has 0 aromatic carbocycles. The molecule has 1 fully saturated rings. The number of hydrogen-bond acceptors (Lipinski definition) is 3. The van der Waals surface area contributed by atoms with Gasteiger partial charge >= 0.3 is 0 Å². The molecule has 13 heavy (non-hydrogen) atoms. The number of nitrogens with zero attached hydrogens (tertiary/aromatic N) is 3. The lowest BCUT2D eigenvalue weighted by Gasteiger charge is -2.22. The lowest BCUT2D eigenvalue weighted by Crippen LogP contribution is -2.24. The quantitative estimate of drug-likeness (QED) is 0.692. The van der Waals surface area contributed by atoms with Crippen LogP contribution in [0.3, 0.4) is 0 Å². The van der Waals surface area contributed by atoms with Gasteiger partial charge in [0.15, 0.2) is 0 Å². The third kappa shape index (κ3) is 2.31. The van der Waals surface area contributed by atoms with E-state index in [0.717, 1.165) is 18.8 Å². The second-order valence-corrected chi connectivity index (χ2v) is 3.27. The Bertz CT molecular complexity index is 259. The fourth-order valence-corrected chi connectivity index (χ4v) is 1.47. The molecule has 0 unspecified atom stereocenters. The first-order valence-electron chi connectivity index (χ1n) is 4.72. The lowest BCUT2D eigenvalue weighted by molar-refractivity contribution is 0.240. The Kier molecular flexibility index (Phi) is 2.59. The highest BCUT2D eigenvalue weighted by Gasteiger charge is 2.05. The molecule has 4 heteroatoms. The van der Waals surface area contributed by atoms with Crippen molar-refractivity contribution in [3.05, 3.63) is 18.2 Å². The summed E-state index contributed by atoms with van der Waals surface area (Å²) in [7, 11) is 0. The highest BCUT2D eigenvalue weighted by atomic mass is 15.4. The minimum absolute atomic E-state index is 0.963. The third-order valence-corrected chi connectivity index (χ3v) is 2.21. The van der Waals surface area contributed by atoms with Gasteiger partial charge in [0, 0.05) is 13.1 Å². The first-order chi connectivity index (χ1) is 6.45. The van der Waals surface area contributed by atoms with Gasteiger partial charge in [-0.25, -0.2) is 4.98 Å². The van der Waals surface area contributed by atoms with Crippen molar-refractivity contribution in [2.45, 2.75) is 19.3 Å². The number of imidazole rings is 1. The minimum atomic E-state index is 0.963. The molecule has 1 saturated heterocycles. The van der Waals surface area contributed by atoms with Gasteiger partial charge in [-0.1, -0.05) is 0 Å². The number of hydrazone groups is 1. The average molecular weight is 178 g/mol. The normalized spacial score (nSPS) is 18.3. The van der Waals surface area contributed by atoms with E-state index in [-0.39, 0.29) is 0 Å². The third-order valence-electron chi connectivity index (χ3n) is 2.21. The van der Waals surface area contributed by atoms with E-state index in [1.54, 1.807) is 12.5 Å². The van der Waals surface area contributed by atoms with Crippen LogP contribution in [0.4, 0.5) is 0 Å². The van der Waals surface area contributed by atoms with E-state index in [1.807, 2.05) is 6.21 Å². The van der Waals surface area contributed by atoms with Crippen LogP contribution in [0.5, 0.6) is 0 Å². The molecule has 1 aromatic rings. The summed E-state index contributed by atoms with van der Waals surface area (Å²) in [5.41, 5.74) is 0.963. The van der Waals surface area contributed by atoms with Gasteiger partial charge in [-0.3, -0.25) is 5.01 Å². The van der Waals surface area contributed by atoms with Gasteiger partial charge in [0.25, 0.3) is 0 Å². The zero-order valence-electron chi connectivity index (χ0n) is 7.61. The second kappa shape index (κ2) is 4.07. The van der Waals surface area contributed by atoms with E-state index in [0.29, 0.717) is 0 Å². The lowest BCUT2D eigenvalue weighted by atomic mass is 10.2. The fraction of sp³-hybridized carbons (Fsp3) is 0.556. The molecule has 0 spiro atoms. The van der Waals surface area contributed by atoms with Crippen LogP contribution in [-0.4, -0.2) is 34.3 Å². The van der Waals surface area contributed by atoms with Crippen molar-refractivity contribution in [3.63, 3.8) is 0 Å². The van der Waals surface area contributed by atoms with E-state index in [2.05, 4.69) is 20.1 Å². The van der Waals surface area contributed by atoms with Gasteiger partial charge in [0.05, 0.1) is 24.4 Å². The predicted octanol–water partition coefficient (Wildman–Crippen LogP) is 1.23. The molecule has 0 atom stereocenters. The largest absolute Gasteiger partial charge is 0.344 e. The Labute approximate surface area is 77.7 Å². The van der Waals surface area contributed by atoms with Crippen molar-refractivity contribution >= 4 is 6.21 Å². The molecule has 1 aliphatic heterocycles. The van der Waals surface area contributed by atoms with Gasteiger partial charge in [0.2, 0.25) is 0 Å². The molecule has 1 N–H and O–H groups in total. The van der Waals surface area contributed by atoms with Crippen molar-refractivity contribution in [3.8, 4) is 0 Å². The van der Waals surface area contributed by atoms with Crippen molar-refractivity contribution < 1.29 is 0 Å². The molecule has 0 saturated carbocycles.